The Kier molecular flexibility index (Phi) is 6.32. The quantitative estimate of drug-likeness (QED) is 0.813. The molecule has 19 heavy (non-hydrogen) atoms. The minimum atomic E-state index is 0.360. The van der Waals surface area contributed by atoms with Gasteiger partial charge in [0, 0.05) is 31.2 Å². The van der Waals surface area contributed by atoms with E-state index in [4.69, 9.17) is 0 Å². The molecule has 1 aliphatic rings. The predicted octanol–water partition coefficient (Wildman–Crippen LogP) is 3.91. The van der Waals surface area contributed by atoms with E-state index in [1.54, 1.807) is 0 Å². The second kappa shape index (κ2) is 7.08. The summed E-state index contributed by atoms with van der Waals surface area (Å²) in [7, 11) is 0. The summed E-state index contributed by atoms with van der Waals surface area (Å²) in [4.78, 5) is 2.81. The Morgan fingerprint density at radius 1 is 1.16 bits per heavy atom. The van der Waals surface area contributed by atoms with E-state index in [1.165, 1.54) is 25.8 Å². The summed E-state index contributed by atoms with van der Waals surface area (Å²) in [5.74, 6) is 0.784. The van der Waals surface area contributed by atoms with Crippen LogP contribution in [0.2, 0.25) is 0 Å². The van der Waals surface area contributed by atoms with Gasteiger partial charge in [0.15, 0.2) is 0 Å². The number of hydrogen-bond donors (Lipinski definition) is 1. The number of hydrogen-bond acceptors (Lipinski definition) is 2. The molecule has 0 aliphatic carbocycles. The van der Waals surface area contributed by atoms with Gasteiger partial charge >= 0.3 is 0 Å². The van der Waals surface area contributed by atoms with E-state index in [1.807, 2.05) is 0 Å². The van der Waals surface area contributed by atoms with Crippen molar-refractivity contribution in [2.75, 3.05) is 13.1 Å². The molecule has 2 nitrogen and oxygen atoms in total. The van der Waals surface area contributed by atoms with Crippen molar-refractivity contribution < 1.29 is 0 Å². The molecule has 0 radical (unpaired) electrons. The van der Waals surface area contributed by atoms with Gasteiger partial charge in [0.25, 0.3) is 0 Å². The monoisotopic (exact) mass is 268 g/mol. The van der Waals surface area contributed by atoms with E-state index >= 15 is 0 Å². The lowest BCUT2D eigenvalue weighted by Gasteiger charge is -2.50. The first-order valence-corrected chi connectivity index (χ1v) is 8.28. The molecule has 1 fully saturated rings. The molecule has 1 N–H and O–H groups in total. The van der Waals surface area contributed by atoms with Crippen LogP contribution in [0.25, 0.3) is 0 Å². The zero-order chi connectivity index (χ0) is 14.6. The third kappa shape index (κ3) is 4.75. The Morgan fingerprint density at radius 2 is 1.74 bits per heavy atom. The fourth-order valence-corrected chi connectivity index (χ4v) is 3.53. The predicted molar refractivity (Wildman–Crippen MR) is 85.6 cm³/mol. The van der Waals surface area contributed by atoms with Gasteiger partial charge in [0.1, 0.15) is 0 Å². The van der Waals surface area contributed by atoms with Crippen molar-refractivity contribution in [2.24, 2.45) is 11.3 Å². The van der Waals surface area contributed by atoms with Gasteiger partial charge in [-0.05, 0) is 30.6 Å². The molecule has 0 aromatic carbocycles. The topological polar surface area (TPSA) is 15.3 Å². The molecule has 0 spiro atoms. The minimum Gasteiger partial charge on any atom is -0.311 e. The van der Waals surface area contributed by atoms with Gasteiger partial charge in [0.05, 0.1) is 0 Å². The van der Waals surface area contributed by atoms with Gasteiger partial charge in [-0.1, -0.05) is 48.5 Å². The summed E-state index contributed by atoms with van der Waals surface area (Å²) < 4.78 is 0. The van der Waals surface area contributed by atoms with Crippen molar-refractivity contribution in [3.8, 4) is 0 Å². The number of nitrogens with zero attached hydrogens (tertiary/aromatic N) is 1. The minimum absolute atomic E-state index is 0.360. The zero-order valence-electron chi connectivity index (χ0n) is 14.3. The zero-order valence-corrected chi connectivity index (χ0v) is 14.3. The molecule has 0 aromatic rings. The fraction of sp³-hybridized carbons (Fsp3) is 1.00. The summed E-state index contributed by atoms with van der Waals surface area (Å²) in [6.07, 6.45) is 3.85. The molecular formula is C17H36N2. The van der Waals surface area contributed by atoms with Crippen LogP contribution in [0, 0.1) is 11.3 Å². The lowest BCUT2D eigenvalue weighted by atomic mass is 9.82. The Morgan fingerprint density at radius 3 is 2.16 bits per heavy atom. The van der Waals surface area contributed by atoms with E-state index in [9.17, 15) is 0 Å². The Balaban J connectivity index is 2.80. The van der Waals surface area contributed by atoms with Gasteiger partial charge in [0.2, 0.25) is 0 Å². The van der Waals surface area contributed by atoms with Crippen LogP contribution in [-0.4, -0.2) is 36.1 Å². The van der Waals surface area contributed by atoms with Crippen molar-refractivity contribution in [2.45, 2.75) is 85.9 Å². The van der Waals surface area contributed by atoms with Crippen LogP contribution < -0.4 is 5.32 Å². The first-order valence-electron chi connectivity index (χ1n) is 8.28. The van der Waals surface area contributed by atoms with E-state index in [0.717, 1.165) is 18.5 Å². The molecule has 1 aliphatic heterocycles. The first kappa shape index (κ1) is 17.0. The molecule has 0 aromatic heterocycles. The number of rotatable bonds is 5. The van der Waals surface area contributed by atoms with Gasteiger partial charge in [-0.25, -0.2) is 0 Å². The average molecular weight is 268 g/mol. The van der Waals surface area contributed by atoms with Gasteiger partial charge in [-0.2, -0.15) is 0 Å². The van der Waals surface area contributed by atoms with E-state index in [0.29, 0.717) is 17.5 Å². The van der Waals surface area contributed by atoms with Crippen LogP contribution in [-0.2, 0) is 0 Å². The highest BCUT2D eigenvalue weighted by Gasteiger charge is 2.37. The molecule has 114 valence electrons. The lowest BCUT2D eigenvalue weighted by Crippen LogP contribution is -2.63. The maximum atomic E-state index is 3.80. The van der Waals surface area contributed by atoms with E-state index < -0.39 is 0 Å². The summed E-state index contributed by atoms with van der Waals surface area (Å²) in [5, 5.41) is 3.80. The summed E-state index contributed by atoms with van der Waals surface area (Å²) in [6.45, 7) is 18.9. The van der Waals surface area contributed by atoms with Crippen LogP contribution in [0.4, 0.5) is 0 Å². The maximum absolute atomic E-state index is 3.80. The van der Waals surface area contributed by atoms with Gasteiger partial charge in [-0.3, -0.25) is 4.90 Å². The summed E-state index contributed by atoms with van der Waals surface area (Å²) >= 11 is 0. The van der Waals surface area contributed by atoms with Crippen LogP contribution in [0.1, 0.15) is 67.7 Å². The molecule has 2 heteroatoms. The fourth-order valence-electron chi connectivity index (χ4n) is 3.53. The molecular weight excluding hydrogens is 232 g/mol. The SMILES string of the molecule is CCC(CC)N1CC(CC(C)C)NCC1C(C)(C)C. The smallest absolute Gasteiger partial charge is 0.0272 e. The molecule has 1 saturated heterocycles. The summed E-state index contributed by atoms with van der Waals surface area (Å²) in [5.41, 5.74) is 0.360. The second-order valence-corrected chi connectivity index (χ2v) is 7.78. The van der Waals surface area contributed by atoms with Crippen molar-refractivity contribution >= 4 is 0 Å². The largest absolute Gasteiger partial charge is 0.311 e. The molecule has 0 amide bonds. The molecule has 1 rings (SSSR count). The van der Waals surface area contributed by atoms with E-state index in [-0.39, 0.29) is 0 Å². The van der Waals surface area contributed by atoms with Crippen molar-refractivity contribution in [1.82, 2.24) is 10.2 Å². The second-order valence-electron chi connectivity index (χ2n) is 7.78. The van der Waals surface area contributed by atoms with Crippen molar-refractivity contribution in [3.05, 3.63) is 0 Å². The normalized spacial score (nSPS) is 26.4. The third-order valence-corrected chi connectivity index (χ3v) is 4.60. The standard InChI is InChI=1S/C17H36N2/c1-8-15(9-2)19-12-14(10-13(3)4)18-11-16(19)17(5,6)7/h13-16,18H,8-12H2,1-7H3. The average Bonchev–Trinajstić information content (AvgIpc) is 2.28. The molecule has 1 heterocycles. The van der Waals surface area contributed by atoms with Gasteiger partial charge in [-0.15, -0.1) is 0 Å². The third-order valence-electron chi connectivity index (χ3n) is 4.60. The molecule has 0 bridgehead atoms. The Hall–Kier alpha value is -0.0800. The highest BCUT2D eigenvalue weighted by molar-refractivity contribution is 4.95. The Labute approximate surface area is 121 Å². The highest BCUT2D eigenvalue weighted by Crippen LogP contribution is 2.30. The molecule has 2 unspecified atom stereocenters. The van der Waals surface area contributed by atoms with Crippen LogP contribution in [0.5, 0.6) is 0 Å². The maximum Gasteiger partial charge on any atom is 0.0272 e. The number of nitrogens with one attached hydrogen (secondary N) is 1. The Bertz CT molecular complexity index is 250. The van der Waals surface area contributed by atoms with E-state index in [2.05, 4.69) is 58.7 Å². The highest BCUT2D eigenvalue weighted by atomic mass is 15.3. The molecule has 2 atom stereocenters. The first-order chi connectivity index (χ1) is 8.79. The van der Waals surface area contributed by atoms with Crippen LogP contribution >= 0.6 is 0 Å². The van der Waals surface area contributed by atoms with Crippen molar-refractivity contribution in [1.29, 1.82) is 0 Å². The van der Waals surface area contributed by atoms with Crippen LogP contribution in [0.3, 0.4) is 0 Å². The molecule has 0 saturated carbocycles. The number of piperazine rings is 1. The van der Waals surface area contributed by atoms with Gasteiger partial charge < -0.3 is 5.32 Å². The van der Waals surface area contributed by atoms with Crippen LogP contribution in [0.15, 0.2) is 0 Å². The lowest BCUT2D eigenvalue weighted by molar-refractivity contribution is 0.0143. The summed E-state index contributed by atoms with van der Waals surface area (Å²) in [6, 6.07) is 2.10. The van der Waals surface area contributed by atoms with Crippen molar-refractivity contribution in [3.63, 3.8) is 0 Å².